The second-order valence-corrected chi connectivity index (χ2v) is 8.68. The van der Waals surface area contributed by atoms with Gasteiger partial charge in [0.25, 0.3) is 5.91 Å². The van der Waals surface area contributed by atoms with E-state index in [4.69, 9.17) is 5.26 Å². The molecule has 0 bridgehead atoms. The summed E-state index contributed by atoms with van der Waals surface area (Å²) >= 11 is 0. The number of hydrogen-bond donors (Lipinski definition) is 4. The summed E-state index contributed by atoms with van der Waals surface area (Å²) in [5.74, 6) is -0.583. The van der Waals surface area contributed by atoms with Gasteiger partial charge < -0.3 is 20.8 Å². The fraction of sp³-hybridized carbons (Fsp3) is 0.240. The molecule has 4 N–H and O–H groups in total. The van der Waals surface area contributed by atoms with Crippen LogP contribution in [0.15, 0.2) is 55.0 Å². The van der Waals surface area contributed by atoms with Crippen molar-refractivity contribution in [2.45, 2.75) is 32.2 Å². The van der Waals surface area contributed by atoms with E-state index in [0.29, 0.717) is 39.5 Å². The maximum Gasteiger partial charge on any atom is 0.255 e. The van der Waals surface area contributed by atoms with Gasteiger partial charge in [0, 0.05) is 6.20 Å². The van der Waals surface area contributed by atoms with Gasteiger partial charge in [-0.3, -0.25) is 14.8 Å². The number of fused-ring (bicyclic) bond motifs is 1. The number of aromatic nitrogens is 4. The monoisotopic (exact) mass is 489 g/mol. The van der Waals surface area contributed by atoms with Crippen LogP contribution in [-0.4, -0.2) is 54.0 Å². The number of alkyl halides is 1. The fourth-order valence-corrected chi connectivity index (χ4v) is 3.41. The number of nitriles is 1. The third-order valence-corrected chi connectivity index (χ3v) is 5.51. The molecule has 0 aliphatic rings. The normalized spacial score (nSPS) is 12.2. The summed E-state index contributed by atoms with van der Waals surface area (Å²) < 4.78 is 15.8. The average molecular weight is 490 g/mol. The minimum Gasteiger partial charge on any atom is -0.390 e. The predicted molar refractivity (Wildman–Crippen MR) is 130 cm³/mol. The number of carbonyl (C=O) groups is 1. The van der Waals surface area contributed by atoms with Crippen molar-refractivity contribution in [3.8, 4) is 17.5 Å². The number of rotatable bonds is 8. The van der Waals surface area contributed by atoms with Crippen LogP contribution in [0, 0.1) is 11.3 Å². The number of hydrogen-bond acceptors (Lipinski definition) is 8. The second kappa shape index (κ2) is 10.1. The second-order valence-electron chi connectivity index (χ2n) is 8.68. The summed E-state index contributed by atoms with van der Waals surface area (Å²) in [5.41, 5.74) is 2.19. The van der Waals surface area contributed by atoms with Crippen LogP contribution in [0.4, 0.5) is 15.8 Å². The average Bonchev–Trinajstić information content (AvgIpc) is 3.30. The van der Waals surface area contributed by atoms with Crippen molar-refractivity contribution in [1.82, 2.24) is 24.9 Å². The highest BCUT2D eigenvalue weighted by Crippen LogP contribution is 2.27. The van der Waals surface area contributed by atoms with E-state index in [1.54, 1.807) is 40.9 Å². The number of nitrogens with one attached hydrogen (secondary N) is 2. The van der Waals surface area contributed by atoms with E-state index in [-0.39, 0.29) is 18.7 Å². The van der Waals surface area contributed by atoms with Gasteiger partial charge in [-0.1, -0.05) is 0 Å². The molecule has 184 valence electrons. The summed E-state index contributed by atoms with van der Waals surface area (Å²) in [5, 5.41) is 38.1. The molecule has 10 nitrogen and oxygen atoms in total. The Balaban J connectivity index is 1.70. The number of carbonyl (C=O) groups excluding carboxylic acids is 1. The highest BCUT2D eigenvalue weighted by Gasteiger charge is 2.27. The topological polar surface area (TPSA) is 148 Å². The minimum atomic E-state index is -1.67. The molecule has 11 heteroatoms. The molecule has 1 atom stereocenters. The Kier molecular flexibility index (Phi) is 6.91. The zero-order valence-corrected chi connectivity index (χ0v) is 19.6. The Labute approximate surface area is 206 Å². The van der Waals surface area contributed by atoms with Crippen molar-refractivity contribution in [2.24, 2.45) is 0 Å². The Hall–Kier alpha value is -4.40. The van der Waals surface area contributed by atoms with Gasteiger partial charge in [0.05, 0.1) is 76.2 Å². The van der Waals surface area contributed by atoms with Crippen molar-refractivity contribution in [3.63, 3.8) is 0 Å². The summed E-state index contributed by atoms with van der Waals surface area (Å²) in [6.07, 6.45) is 2.65. The van der Waals surface area contributed by atoms with Crippen LogP contribution in [0.3, 0.4) is 0 Å². The summed E-state index contributed by atoms with van der Waals surface area (Å²) in [7, 11) is 0. The Bertz CT molecular complexity index is 1440. The lowest BCUT2D eigenvalue weighted by atomic mass is 10.0. The van der Waals surface area contributed by atoms with E-state index < -0.39 is 17.7 Å². The maximum atomic E-state index is 14.2. The Morgan fingerprint density at radius 3 is 2.67 bits per heavy atom. The van der Waals surface area contributed by atoms with Crippen molar-refractivity contribution < 1.29 is 19.4 Å². The maximum absolute atomic E-state index is 14.2. The summed E-state index contributed by atoms with van der Waals surface area (Å²) in [6, 6.07) is 12.3. The molecule has 1 amide bonds. The molecule has 4 aromatic heterocycles. The molecule has 0 aliphatic heterocycles. The molecular formula is C25H24FN7O3. The first-order valence-corrected chi connectivity index (χ1v) is 11.1. The third-order valence-electron chi connectivity index (χ3n) is 5.51. The Morgan fingerprint density at radius 1 is 1.19 bits per heavy atom. The van der Waals surface area contributed by atoms with E-state index >= 15 is 0 Å². The third kappa shape index (κ3) is 5.30. The number of pyridine rings is 2. The van der Waals surface area contributed by atoms with Crippen LogP contribution in [0.5, 0.6) is 0 Å². The number of aliphatic hydroxyl groups is 2. The summed E-state index contributed by atoms with van der Waals surface area (Å²) in [4.78, 5) is 21.5. The number of nitrogens with zero attached hydrogens (tertiary/aromatic N) is 5. The van der Waals surface area contributed by atoms with E-state index in [1.165, 1.54) is 32.4 Å². The number of anilines is 2. The molecule has 0 aromatic carbocycles. The largest absolute Gasteiger partial charge is 0.390 e. The van der Waals surface area contributed by atoms with Crippen LogP contribution in [-0.2, 0) is 6.61 Å². The molecule has 0 radical (unpaired) electrons. The van der Waals surface area contributed by atoms with Crippen LogP contribution in [0.25, 0.3) is 16.9 Å². The van der Waals surface area contributed by atoms with Crippen molar-refractivity contribution in [3.05, 3.63) is 71.8 Å². The van der Waals surface area contributed by atoms with Crippen LogP contribution in [0.2, 0.25) is 0 Å². The van der Waals surface area contributed by atoms with E-state index in [1.807, 2.05) is 0 Å². The lowest BCUT2D eigenvalue weighted by Gasteiger charge is -2.22. The van der Waals surface area contributed by atoms with Gasteiger partial charge in [-0.25, -0.2) is 8.91 Å². The molecule has 36 heavy (non-hydrogen) atoms. The van der Waals surface area contributed by atoms with Gasteiger partial charge in [0.2, 0.25) is 0 Å². The smallest absolute Gasteiger partial charge is 0.255 e. The van der Waals surface area contributed by atoms with Crippen molar-refractivity contribution in [1.29, 1.82) is 5.26 Å². The molecule has 4 rings (SSSR count). The molecular weight excluding hydrogens is 465 g/mol. The Morgan fingerprint density at radius 2 is 2.00 bits per heavy atom. The molecule has 0 saturated heterocycles. The molecule has 0 aliphatic carbocycles. The predicted octanol–water partition coefficient (Wildman–Crippen LogP) is 2.74. The van der Waals surface area contributed by atoms with Crippen LogP contribution >= 0.6 is 0 Å². The van der Waals surface area contributed by atoms with Gasteiger partial charge in [0.15, 0.2) is 0 Å². The summed E-state index contributed by atoms with van der Waals surface area (Å²) in [6.45, 7) is 2.06. The first kappa shape index (κ1) is 24.7. The zero-order valence-electron chi connectivity index (χ0n) is 19.6. The first-order chi connectivity index (χ1) is 17.2. The van der Waals surface area contributed by atoms with Crippen LogP contribution in [0.1, 0.15) is 35.5 Å². The van der Waals surface area contributed by atoms with E-state index in [0.717, 1.165) is 0 Å². The molecule has 4 heterocycles. The molecule has 4 aromatic rings. The van der Waals surface area contributed by atoms with Crippen molar-refractivity contribution in [2.75, 3.05) is 11.9 Å². The van der Waals surface area contributed by atoms with Crippen molar-refractivity contribution >= 4 is 22.8 Å². The molecule has 0 spiro atoms. The lowest BCUT2D eigenvalue weighted by molar-refractivity contribution is -0.00177. The first-order valence-electron chi connectivity index (χ1n) is 11.1. The molecule has 0 fully saturated rings. The number of aliphatic hydroxyl groups excluding tert-OH is 1. The molecule has 0 saturated carbocycles. The number of amides is 1. The van der Waals surface area contributed by atoms with Gasteiger partial charge in [-0.15, -0.1) is 0 Å². The highest BCUT2D eigenvalue weighted by atomic mass is 19.1. The SMILES string of the molecule is CC(C)(O)[C@H](F)CNC(=O)c1cnc(-c2ccc3cc(C#N)cnn23)cc1Nc1ccc(CO)nc1. The van der Waals surface area contributed by atoms with E-state index in [9.17, 15) is 19.4 Å². The van der Waals surface area contributed by atoms with E-state index in [2.05, 4.69) is 31.8 Å². The highest BCUT2D eigenvalue weighted by molar-refractivity contribution is 6.00. The standard InChI is InChI=1S/C25H24FN7O3/c1-25(2,36)23(26)13-30-24(35)19-12-29-21(8-20(19)32-16-3-4-17(14-34)28-11-16)22-6-5-18-7-15(9-27)10-31-33(18)22/h3-8,10-12,23,34,36H,13-14H2,1-2H3,(H,29,32)(H,30,35)/t23-/m1/s1. The molecule has 0 unspecified atom stereocenters. The van der Waals surface area contributed by atoms with Gasteiger partial charge in [-0.05, 0) is 50.2 Å². The lowest BCUT2D eigenvalue weighted by Crippen LogP contribution is -2.42. The van der Waals surface area contributed by atoms with Gasteiger partial charge >= 0.3 is 0 Å². The van der Waals surface area contributed by atoms with Gasteiger partial charge in [-0.2, -0.15) is 10.4 Å². The fourth-order valence-electron chi connectivity index (χ4n) is 3.41. The van der Waals surface area contributed by atoms with Gasteiger partial charge in [0.1, 0.15) is 12.2 Å². The van der Waals surface area contributed by atoms with Crippen LogP contribution < -0.4 is 10.6 Å². The quantitative estimate of drug-likeness (QED) is 0.295. The zero-order chi connectivity index (χ0) is 25.9. The minimum absolute atomic E-state index is 0.147. The number of halogens is 1.